The summed E-state index contributed by atoms with van der Waals surface area (Å²) < 4.78 is 6.84. The minimum absolute atomic E-state index is 0.161. The maximum Gasteiger partial charge on any atom is 0.359 e. The molecule has 4 rings (SSSR count). The molecule has 0 saturated heterocycles. The zero-order valence-electron chi connectivity index (χ0n) is 15.6. The highest BCUT2D eigenvalue weighted by molar-refractivity contribution is 5.95. The number of carbonyl (C=O) groups is 2. The Morgan fingerprint density at radius 2 is 1.69 bits per heavy atom. The summed E-state index contributed by atoms with van der Waals surface area (Å²) in [5, 5.41) is 2.82. The van der Waals surface area contributed by atoms with E-state index in [0.717, 1.165) is 11.1 Å². The van der Waals surface area contributed by atoms with Crippen molar-refractivity contribution in [3.8, 4) is 0 Å². The zero-order valence-corrected chi connectivity index (χ0v) is 15.6. The molecule has 2 aromatic carbocycles. The maximum absolute atomic E-state index is 12.3. The van der Waals surface area contributed by atoms with E-state index in [4.69, 9.17) is 4.74 Å². The van der Waals surface area contributed by atoms with Gasteiger partial charge < -0.3 is 14.5 Å². The molecule has 6 heteroatoms. The number of carbonyl (C=O) groups excluding carboxylic acids is 2. The Bertz CT molecular complexity index is 1120. The summed E-state index contributed by atoms with van der Waals surface area (Å²) in [7, 11) is 0. The number of benzene rings is 2. The van der Waals surface area contributed by atoms with Crippen molar-refractivity contribution in [3.05, 3.63) is 102 Å². The number of fused-ring (bicyclic) bond motifs is 1. The number of anilines is 1. The Morgan fingerprint density at radius 1 is 0.931 bits per heavy atom. The second-order valence-electron chi connectivity index (χ2n) is 6.54. The third-order valence-electron chi connectivity index (χ3n) is 4.44. The smallest absolute Gasteiger partial charge is 0.359 e. The Morgan fingerprint density at radius 3 is 2.52 bits per heavy atom. The maximum atomic E-state index is 12.3. The molecule has 144 valence electrons. The van der Waals surface area contributed by atoms with Crippen LogP contribution in [-0.2, 0) is 16.0 Å². The predicted octanol–water partition coefficient (Wildman–Crippen LogP) is 3.72. The van der Waals surface area contributed by atoms with Gasteiger partial charge in [0, 0.05) is 18.1 Å². The number of esters is 1. The van der Waals surface area contributed by atoms with Gasteiger partial charge in [0.1, 0.15) is 5.65 Å². The molecule has 1 N–H and O–H groups in total. The molecular weight excluding hydrogens is 366 g/mol. The van der Waals surface area contributed by atoms with E-state index in [1.807, 2.05) is 66.7 Å². The topological polar surface area (TPSA) is 72.7 Å². The Kier molecular flexibility index (Phi) is 5.33. The first-order valence-corrected chi connectivity index (χ1v) is 9.21. The van der Waals surface area contributed by atoms with Crippen LogP contribution in [0.3, 0.4) is 0 Å². The van der Waals surface area contributed by atoms with Gasteiger partial charge in [-0.3, -0.25) is 4.79 Å². The normalized spacial score (nSPS) is 10.6. The highest BCUT2D eigenvalue weighted by atomic mass is 16.5. The number of hydrogen-bond donors (Lipinski definition) is 1. The Labute approximate surface area is 167 Å². The molecule has 2 heterocycles. The van der Waals surface area contributed by atoms with Crippen LogP contribution in [0.1, 0.15) is 21.6 Å². The summed E-state index contributed by atoms with van der Waals surface area (Å²) in [4.78, 5) is 28.7. The minimum atomic E-state index is -0.638. The number of ether oxygens (including phenoxy) is 1. The number of nitrogens with zero attached hydrogens (tertiary/aromatic N) is 2. The summed E-state index contributed by atoms with van der Waals surface area (Å²) >= 11 is 0. The van der Waals surface area contributed by atoms with Crippen LogP contribution < -0.4 is 5.32 Å². The molecule has 0 aliphatic heterocycles. The monoisotopic (exact) mass is 385 g/mol. The zero-order chi connectivity index (χ0) is 20.1. The number of aromatic nitrogens is 2. The number of rotatable bonds is 6. The van der Waals surface area contributed by atoms with Crippen LogP contribution >= 0.6 is 0 Å². The number of amides is 1. The predicted molar refractivity (Wildman–Crippen MR) is 110 cm³/mol. The minimum Gasteiger partial charge on any atom is -0.451 e. The number of hydrogen-bond acceptors (Lipinski definition) is 4. The molecule has 1 amide bonds. The Balaban J connectivity index is 1.38. The van der Waals surface area contributed by atoms with Crippen molar-refractivity contribution in [2.45, 2.75) is 6.42 Å². The van der Waals surface area contributed by atoms with Gasteiger partial charge in [0.15, 0.2) is 12.3 Å². The van der Waals surface area contributed by atoms with E-state index in [1.54, 1.807) is 22.9 Å². The van der Waals surface area contributed by atoms with E-state index in [1.165, 1.54) is 0 Å². The van der Waals surface area contributed by atoms with Gasteiger partial charge in [0.2, 0.25) is 0 Å². The number of nitrogens with one attached hydrogen (secondary N) is 1. The van der Waals surface area contributed by atoms with Crippen LogP contribution in [0.2, 0.25) is 0 Å². The second kappa shape index (κ2) is 8.39. The molecule has 6 nitrogen and oxygen atoms in total. The third kappa shape index (κ3) is 4.50. The van der Waals surface area contributed by atoms with Crippen molar-refractivity contribution in [1.29, 1.82) is 0 Å². The molecule has 0 aliphatic rings. The first-order valence-electron chi connectivity index (χ1n) is 9.21. The molecule has 0 atom stereocenters. The van der Waals surface area contributed by atoms with E-state index in [-0.39, 0.29) is 12.3 Å². The van der Waals surface area contributed by atoms with Crippen molar-refractivity contribution in [3.63, 3.8) is 0 Å². The average molecular weight is 385 g/mol. The lowest BCUT2D eigenvalue weighted by Crippen LogP contribution is -2.21. The molecule has 2 aromatic heterocycles. The average Bonchev–Trinajstić information content (AvgIpc) is 3.19. The van der Waals surface area contributed by atoms with Gasteiger partial charge in [0.25, 0.3) is 5.91 Å². The summed E-state index contributed by atoms with van der Waals surface area (Å²) in [5.41, 5.74) is 3.63. The highest BCUT2D eigenvalue weighted by Gasteiger charge is 2.15. The quantitative estimate of drug-likeness (QED) is 0.514. The van der Waals surface area contributed by atoms with Crippen LogP contribution in [0.25, 0.3) is 5.65 Å². The lowest BCUT2D eigenvalue weighted by molar-refractivity contribution is -0.119. The SMILES string of the molecule is O=C(COC(=O)c1cn2ccccc2n1)Nc1ccccc1Cc1ccccc1. The number of para-hydroxylation sites is 1. The van der Waals surface area contributed by atoms with Crippen LogP contribution in [0.15, 0.2) is 85.2 Å². The van der Waals surface area contributed by atoms with Gasteiger partial charge in [0.05, 0.1) is 0 Å². The van der Waals surface area contributed by atoms with E-state index in [0.29, 0.717) is 17.8 Å². The standard InChI is InChI=1S/C23H19N3O3/c27-22(16-29-23(28)20-15-26-13-7-6-12-21(26)24-20)25-19-11-5-4-10-18(19)14-17-8-2-1-3-9-17/h1-13,15H,14,16H2,(H,25,27). The molecule has 0 aliphatic carbocycles. The number of pyridine rings is 1. The molecule has 0 spiro atoms. The van der Waals surface area contributed by atoms with Crippen LogP contribution in [0, 0.1) is 0 Å². The van der Waals surface area contributed by atoms with Gasteiger partial charge in [-0.15, -0.1) is 0 Å². The molecule has 0 fully saturated rings. The van der Waals surface area contributed by atoms with Gasteiger partial charge in [-0.1, -0.05) is 54.6 Å². The van der Waals surface area contributed by atoms with Gasteiger partial charge >= 0.3 is 5.97 Å². The van der Waals surface area contributed by atoms with Crippen molar-refractivity contribution in [2.24, 2.45) is 0 Å². The third-order valence-corrected chi connectivity index (χ3v) is 4.44. The molecular formula is C23H19N3O3. The molecule has 0 bridgehead atoms. The summed E-state index contributed by atoms with van der Waals surface area (Å²) in [6.07, 6.45) is 4.05. The second-order valence-corrected chi connectivity index (χ2v) is 6.54. The van der Waals surface area contributed by atoms with E-state index in [2.05, 4.69) is 10.3 Å². The van der Waals surface area contributed by atoms with Gasteiger partial charge in [-0.25, -0.2) is 9.78 Å². The summed E-state index contributed by atoms with van der Waals surface area (Å²) in [6, 6.07) is 23.0. The lowest BCUT2D eigenvalue weighted by Gasteiger charge is -2.11. The van der Waals surface area contributed by atoms with Crippen LogP contribution in [0.5, 0.6) is 0 Å². The summed E-state index contributed by atoms with van der Waals surface area (Å²) in [5.74, 6) is -1.04. The van der Waals surface area contributed by atoms with E-state index in [9.17, 15) is 9.59 Å². The van der Waals surface area contributed by atoms with E-state index < -0.39 is 11.9 Å². The van der Waals surface area contributed by atoms with Crippen LogP contribution in [0.4, 0.5) is 5.69 Å². The van der Waals surface area contributed by atoms with Crippen LogP contribution in [-0.4, -0.2) is 27.9 Å². The molecule has 0 radical (unpaired) electrons. The molecule has 0 unspecified atom stereocenters. The Hall–Kier alpha value is -3.93. The molecule has 4 aromatic rings. The highest BCUT2D eigenvalue weighted by Crippen LogP contribution is 2.19. The molecule has 29 heavy (non-hydrogen) atoms. The lowest BCUT2D eigenvalue weighted by atomic mass is 10.0. The fourth-order valence-corrected chi connectivity index (χ4v) is 3.04. The first kappa shape index (κ1) is 18.4. The van der Waals surface area contributed by atoms with Crippen molar-refractivity contribution >= 4 is 23.2 Å². The van der Waals surface area contributed by atoms with E-state index >= 15 is 0 Å². The van der Waals surface area contributed by atoms with Crippen molar-refractivity contribution in [2.75, 3.05) is 11.9 Å². The largest absolute Gasteiger partial charge is 0.451 e. The fourth-order valence-electron chi connectivity index (χ4n) is 3.04. The van der Waals surface area contributed by atoms with Gasteiger partial charge in [-0.2, -0.15) is 0 Å². The van der Waals surface area contributed by atoms with Crippen molar-refractivity contribution < 1.29 is 14.3 Å². The number of imidazole rings is 1. The first-order chi connectivity index (χ1) is 14.2. The molecule has 0 saturated carbocycles. The summed E-state index contributed by atoms with van der Waals surface area (Å²) in [6.45, 7) is -0.383. The van der Waals surface area contributed by atoms with Gasteiger partial charge in [-0.05, 0) is 35.7 Å². The fraction of sp³-hybridized carbons (Fsp3) is 0.0870. The van der Waals surface area contributed by atoms with Crippen molar-refractivity contribution in [1.82, 2.24) is 9.38 Å².